The Morgan fingerprint density at radius 3 is 2.33 bits per heavy atom. The summed E-state index contributed by atoms with van der Waals surface area (Å²) >= 11 is 0. The molecule has 90 valence electrons. The third kappa shape index (κ3) is 1.36. The van der Waals surface area contributed by atoms with E-state index in [1.807, 2.05) is 0 Å². The lowest BCUT2D eigenvalue weighted by Crippen LogP contribution is -2.29. The van der Waals surface area contributed by atoms with E-state index >= 15 is 0 Å². The predicted octanol–water partition coefficient (Wildman–Crippen LogP) is 1.43. The second-order valence-electron chi connectivity index (χ2n) is 3.78. The van der Waals surface area contributed by atoms with Gasteiger partial charge in [-0.2, -0.15) is 4.31 Å². The number of carbonyl (C=O) groups excluding carboxylic acids is 1. The SMILES string of the molecule is O=C1c2ccccc2S(=O)(=O)N1c1ccncc1. The molecule has 1 aromatic heterocycles. The van der Waals surface area contributed by atoms with Crippen molar-refractivity contribution < 1.29 is 13.2 Å². The van der Waals surface area contributed by atoms with Crippen LogP contribution in [0.4, 0.5) is 5.69 Å². The van der Waals surface area contributed by atoms with Gasteiger partial charge in [0.05, 0.1) is 11.3 Å². The number of benzene rings is 1. The first-order valence-corrected chi connectivity index (χ1v) is 6.65. The van der Waals surface area contributed by atoms with Gasteiger partial charge < -0.3 is 0 Å². The van der Waals surface area contributed by atoms with Crippen LogP contribution in [0.15, 0.2) is 53.7 Å². The molecular weight excluding hydrogens is 252 g/mol. The first kappa shape index (κ1) is 10.9. The van der Waals surface area contributed by atoms with Gasteiger partial charge in [0.1, 0.15) is 4.90 Å². The van der Waals surface area contributed by atoms with Crippen molar-refractivity contribution in [2.24, 2.45) is 0 Å². The summed E-state index contributed by atoms with van der Waals surface area (Å²) in [6, 6.07) is 9.16. The van der Waals surface area contributed by atoms with Crippen LogP contribution in [-0.2, 0) is 10.0 Å². The minimum atomic E-state index is -3.79. The molecular formula is C12H8N2O3S. The molecule has 0 atom stereocenters. The zero-order valence-electron chi connectivity index (χ0n) is 9.15. The first-order chi connectivity index (χ1) is 8.62. The van der Waals surface area contributed by atoms with Gasteiger partial charge in [0.2, 0.25) is 0 Å². The number of hydrogen-bond donors (Lipinski definition) is 0. The fraction of sp³-hybridized carbons (Fsp3) is 0. The van der Waals surface area contributed by atoms with Crippen LogP contribution in [0.5, 0.6) is 0 Å². The summed E-state index contributed by atoms with van der Waals surface area (Å²) in [5, 5.41) is 0. The van der Waals surface area contributed by atoms with Crippen LogP contribution in [0.25, 0.3) is 0 Å². The van der Waals surface area contributed by atoms with Crippen molar-refractivity contribution in [2.45, 2.75) is 4.90 Å². The second kappa shape index (κ2) is 3.64. The molecule has 1 amide bonds. The maximum atomic E-state index is 12.3. The number of rotatable bonds is 1. The number of pyridine rings is 1. The van der Waals surface area contributed by atoms with Crippen molar-refractivity contribution in [1.29, 1.82) is 0 Å². The molecule has 0 N–H and O–H groups in total. The predicted molar refractivity (Wildman–Crippen MR) is 64.7 cm³/mol. The molecule has 0 saturated heterocycles. The third-order valence-electron chi connectivity index (χ3n) is 2.72. The van der Waals surface area contributed by atoms with Gasteiger partial charge in [0.25, 0.3) is 15.9 Å². The van der Waals surface area contributed by atoms with E-state index in [1.165, 1.54) is 36.7 Å². The molecule has 0 fully saturated rings. The monoisotopic (exact) mass is 260 g/mol. The van der Waals surface area contributed by atoms with E-state index in [9.17, 15) is 13.2 Å². The quantitative estimate of drug-likeness (QED) is 0.778. The van der Waals surface area contributed by atoms with Crippen LogP contribution < -0.4 is 4.31 Å². The van der Waals surface area contributed by atoms with Crippen molar-refractivity contribution in [3.8, 4) is 0 Å². The maximum absolute atomic E-state index is 12.3. The van der Waals surface area contributed by atoms with Crippen LogP contribution in [0, 0.1) is 0 Å². The molecule has 0 aliphatic carbocycles. The molecule has 1 aromatic carbocycles. The second-order valence-corrected chi connectivity index (χ2v) is 5.53. The van der Waals surface area contributed by atoms with E-state index in [1.54, 1.807) is 12.1 Å². The topological polar surface area (TPSA) is 67.3 Å². The Kier molecular flexibility index (Phi) is 2.21. The fourth-order valence-electron chi connectivity index (χ4n) is 1.92. The van der Waals surface area contributed by atoms with E-state index in [-0.39, 0.29) is 10.5 Å². The number of hydrogen-bond acceptors (Lipinski definition) is 4. The lowest BCUT2D eigenvalue weighted by atomic mass is 10.2. The van der Waals surface area contributed by atoms with Gasteiger partial charge in [0, 0.05) is 12.4 Å². The van der Waals surface area contributed by atoms with Gasteiger partial charge in [-0.3, -0.25) is 9.78 Å². The molecule has 3 rings (SSSR count). The van der Waals surface area contributed by atoms with Crippen LogP contribution in [0.1, 0.15) is 10.4 Å². The van der Waals surface area contributed by atoms with E-state index < -0.39 is 15.9 Å². The van der Waals surface area contributed by atoms with Crippen molar-refractivity contribution in [2.75, 3.05) is 4.31 Å². The number of anilines is 1. The van der Waals surface area contributed by atoms with Crippen molar-refractivity contribution >= 4 is 21.6 Å². The van der Waals surface area contributed by atoms with E-state index in [0.29, 0.717) is 5.69 Å². The molecule has 0 unspecified atom stereocenters. The lowest BCUT2D eigenvalue weighted by molar-refractivity contribution is 0.101. The summed E-state index contributed by atoms with van der Waals surface area (Å²) in [4.78, 5) is 16.0. The van der Waals surface area contributed by atoms with E-state index in [4.69, 9.17) is 0 Å². The standard InChI is InChI=1S/C12H8N2O3S/c15-12-10-3-1-2-4-11(10)18(16,17)14(12)9-5-7-13-8-6-9/h1-8H. The van der Waals surface area contributed by atoms with Crippen LogP contribution in [-0.4, -0.2) is 19.3 Å². The molecule has 18 heavy (non-hydrogen) atoms. The van der Waals surface area contributed by atoms with Gasteiger partial charge in [-0.05, 0) is 24.3 Å². The first-order valence-electron chi connectivity index (χ1n) is 5.21. The highest BCUT2D eigenvalue weighted by Gasteiger charge is 2.41. The molecule has 2 aromatic rings. The van der Waals surface area contributed by atoms with Gasteiger partial charge in [-0.15, -0.1) is 0 Å². The number of amides is 1. The van der Waals surface area contributed by atoms with Crippen molar-refractivity contribution in [3.05, 3.63) is 54.4 Å². The Labute approximate surface area is 104 Å². The number of aromatic nitrogens is 1. The Bertz CT molecular complexity index is 726. The molecule has 6 heteroatoms. The Morgan fingerprint density at radius 1 is 1.00 bits per heavy atom. The lowest BCUT2D eigenvalue weighted by Gasteiger charge is -2.14. The van der Waals surface area contributed by atoms with Gasteiger partial charge >= 0.3 is 0 Å². The van der Waals surface area contributed by atoms with Gasteiger partial charge in [0.15, 0.2) is 0 Å². The number of nitrogens with zero attached hydrogens (tertiary/aromatic N) is 2. The summed E-state index contributed by atoms with van der Waals surface area (Å²) in [7, 11) is -3.79. The summed E-state index contributed by atoms with van der Waals surface area (Å²) in [5.41, 5.74) is 0.500. The number of fused-ring (bicyclic) bond motifs is 1. The molecule has 0 radical (unpaired) electrons. The highest BCUT2D eigenvalue weighted by atomic mass is 32.2. The average molecular weight is 260 g/mol. The molecule has 0 bridgehead atoms. The van der Waals surface area contributed by atoms with E-state index in [0.717, 1.165) is 4.31 Å². The van der Waals surface area contributed by atoms with Gasteiger partial charge in [-0.25, -0.2) is 8.42 Å². The minimum absolute atomic E-state index is 0.0480. The molecule has 0 spiro atoms. The largest absolute Gasteiger partial charge is 0.273 e. The Hall–Kier alpha value is -2.21. The summed E-state index contributed by atoms with van der Waals surface area (Å²) in [6.07, 6.45) is 2.89. The van der Waals surface area contributed by atoms with Crippen molar-refractivity contribution in [3.63, 3.8) is 0 Å². The number of carbonyl (C=O) groups is 1. The van der Waals surface area contributed by atoms with Crippen LogP contribution in [0.3, 0.4) is 0 Å². The molecule has 1 aliphatic rings. The van der Waals surface area contributed by atoms with E-state index in [2.05, 4.69) is 4.98 Å². The summed E-state index contributed by atoms with van der Waals surface area (Å²) in [5.74, 6) is -0.531. The Morgan fingerprint density at radius 2 is 1.67 bits per heavy atom. The normalized spacial score (nSPS) is 16.7. The Balaban J connectivity index is 2.25. The van der Waals surface area contributed by atoms with Gasteiger partial charge in [-0.1, -0.05) is 12.1 Å². The minimum Gasteiger partial charge on any atom is -0.268 e. The highest BCUT2D eigenvalue weighted by Crippen LogP contribution is 2.33. The highest BCUT2D eigenvalue weighted by molar-refractivity contribution is 7.94. The zero-order chi connectivity index (χ0) is 12.8. The summed E-state index contributed by atoms with van der Waals surface area (Å²) < 4.78 is 25.4. The van der Waals surface area contributed by atoms with Crippen LogP contribution >= 0.6 is 0 Å². The van der Waals surface area contributed by atoms with Crippen molar-refractivity contribution in [1.82, 2.24) is 4.98 Å². The zero-order valence-corrected chi connectivity index (χ0v) is 9.96. The molecule has 1 aliphatic heterocycles. The molecule has 2 heterocycles. The average Bonchev–Trinajstić information content (AvgIpc) is 2.59. The fourth-order valence-corrected chi connectivity index (χ4v) is 3.52. The molecule has 5 nitrogen and oxygen atoms in total. The third-order valence-corrected chi connectivity index (χ3v) is 4.49. The smallest absolute Gasteiger partial charge is 0.268 e. The summed E-state index contributed by atoms with van der Waals surface area (Å²) in [6.45, 7) is 0. The molecule has 0 saturated carbocycles. The maximum Gasteiger partial charge on any atom is 0.273 e. The number of sulfonamides is 1. The van der Waals surface area contributed by atoms with Crippen LogP contribution in [0.2, 0.25) is 0 Å².